The molecule has 1 saturated carbocycles. The molecule has 0 amide bonds. The highest BCUT2D eigenvalue weighted by atomic mass is 32.2. The molecule has 3 nitrogen and oxygen atoms in total. The molecule has 4 heteroatoms. The van der Waals surface area contributed by atoms with E-state index in [-0.39, 0.29) is 5.78 Å². The van der Waals surface area contributed by atoms with Gasteiger partial charge in [0.15, 0.2) is 5.82 Å². The largest absolute Gasteiger partial charge is 0.329 e. The van der Waals surface area contributed by atoms with Gasteiger partial charge in [0.05, 0.1) is 5.75 Å². The normalized spacial score (nSPS) is 16.8. The Morgan fingerprint density at radius 1 is 1.56 bits per heavy atom. The average molecular weight is 238 g/mol. The van der Waals surface area contributed by atoms with E-state index in [2.05, 4.69) is 4.98 Å². The third-order valence-corrected chi connectivity index (χ3v) is 4.43. The quantitative estimate of drug-likeness (QED) is 0.740. The van der Waals surface area contributed by atoms with Gasteiger partial charge in [0.1, 0.15) is 0 Å². The van der Waals surface area contributed by atoms with Crippen LogP contribution in [0.4, 0.5) is 0 Å². The number of Topliss-reactive ketones (excluding diaryl/α,β-unsaturated/α-hetero) is 1. The minimum absolute atomic E-state index is 0.170. The third kappa shape index (κ3) is 2.67. The summed E-state index contributed by atoms with van der Waals surface area (Å²) < 4.78 is 1.91. The minimum atomic E-state index is 0.170. The minimum Gasteiger partial charge on any atom is -0.329 e. The molecular weight excluding hydrogens is 220 g/mol. The highest BCUT2D eigenvalue weighted by molar-refractivity contribution is 8.00. The Morgan fingerprint density at radius 2 is 2.31 bits per heavy atom. The first-order valence-electron chi connectivity index (χ1n) is 5.97. The Balaban J connectivity index is 1.87. The Bertz CT molecular complexity index is 356. The van der Waals surface area contributed by atoms with Gasteiger partial charge in [-0.1, -0.05) is 12.8 Å². The van der Waals surface area contributed by atoms with Gasteiger partial charge in [-0.15, -0.1) is 0 Å². The van der Waals surface area contributed by atoms with Gasteiger partial charge in [-0.25, -0.2) is 4.98 Å². The monoisotopic (exact) mass is 238 g/mol. The molecule has 1 aliphatic carbocycles. The lowest BCUT2D eigenvalue weighted by Crippen LogP contribution is -2.13. The molecule has 0 aromatic carbocycles. The van der Waals surface area contributed by atoms with Gasteiger partial charge in [0.25, 0.3) is 0 Å². The van der Waals surface area contributed by atoms with Crippen molar-refractivity contribution in [3.8, 4) is 0 Å². The van der Waals surface area contributed by atoms with E-state index in [1.54, 1.807) is 18.0 Å². The summed E-state index contributed by atoms with van der Waals surface area (Å²) in [6, 6.07) is 0. The number of ketones is 1. The van der Waals surface area contributed by atoms with Crippen LogP contribution >= 0.6 is 11.8 Å². The highest BCUT2D eigenvalue weighted by Crippen LogP contribution is 2.29. The molecule has 1 aromatic rings. The molecule has 1 heterocycles. The SMILES string of the molecule is CCn1ccnc1C(=O)CSC1CCCC1. The highest BCUT2D eigenvalue weighted by Gasteiger charge is 2.18. The zero-order valence-electron chi connectivity index (χ0n) is 9.69. The topological polar surface area (TPSA) is 34.9 Å². The summed E-state index contributed by atoms with van der Waals surface area (Å²) >= 11 is 1.81. The molecule has 2 rings (SSSR count). The molecule has 0 unspecified atom stereocenters. The van der Waals surface area contributed by atoms with Gasteiger partial charge in [0, 0.05) is 24.2 Å². The summed E-state index contributed by atoms with van der Waals surface area (Å²) in [5.41, 5.74) is 0. The van der Waals surface area contributed by atoms with Gasteiger partial charge >= 0.3 is 0 Å². The zero-order valence-corrected chi connectivity index (χ0v) is 10.5. The molecule has 88 valence electrons. The van der Waals surface area contributed by atoms with Gasteiger partial charge in [0.2, 0.25) is 5.78 Å². The van der Waals surface area contributed by atoms with E-state index in [0.717, 1.165) is 6.54 Å². The number of carbonyl (C=O) groups is 1. The molecule has 16 heavy (non-hydrogen) atoms. The van der Waals surface area contributed by atoms with E-state index in [9.17, 15) is 4.79 Å². The standard InChI is InChI=1S/C12H18N2OS/c1-2-14-8-7-13-12(14)11(15)9-16-10-5-3-4-6-10/h7-8,10H,2-6,9H2,1H3. The second kappa shape index (κ2) is 5.53. The predicted molar refractivity (Wildman–Crippen MR) is 66.9 cm³/mol. The van der Waals surface area contributed by atoms with Crippen molar-refractivity contribution in [2.45, 2.75) is 44.4 Å². The predicted octanol–water partition coefficient (Wildman–Crippen LogP) is 2.76. The van der Waals surface area contributed by atoms with Crippen LogP contribution in [-0.2, 0) is 6.54 Å². The first-order chi connectivity index (χ1) is 7.81. The summed E-state index contributed by atoms with van der Waals surface area (Å²) in [6.07, 6.45) is 8.79. The average Bonchev–Trinajstić information content (AvgIpc) is 2.96. The molecule has 0 saturated heterocycles. The number of aromatic nitrogens is 2. The number of hydrogen-bond acceptors (Lipinski definition) is 3. The van der Waals surface area contributed by atoms with Crippen molar-refractivity contribution < 1.29 is 4.79 Å². The number of imidazole rings is 1. The first kappa shape index (κ1) is 11.7. The van der Waals surface area contributed by atoms with E-state index >= 15 is 0 Å². The summed E-state index contributed by atoms with van der Waals surface area (Å²) in [4.78, 5) is 16.1. The van der Waals surface area contributed by atoms with Crippen LogP contribution in [-0.4, -0.2) is 26.3 Å². The van der Waals surface area contributed by atoms with Gasteiger partial charge in [-0.2, -0.15) is 11.8 Å². The molecule has 1 aliphatic rings. The third-order valence-electron chi connectivity index (χ3n) is 3.06. The van der Waals surface area contributed by atoms with Crippen LogP contribution in [0.15, 0.2) is 12.4 Å². The number of nitrogens with zero attached hydrogens (tertiary/aromatic N) is 2. The number of aryl methyl sites for hydroxylation is 1. The number of hydrogen-bond donors (Lipinski definition) is 0. The lowest BCUT2D eigenvalue weighted by molar-refractivity contribution is 0.100. The molecule has 0 aliphatic heterocycles. The van der Waals surface area contributed by atoms with Gasteiger partial charge < -0.3 is 4.57 Å². The Labute approximate surface area is 101 Å². The molecule has 0 spiro atoms. The maximum atomic E-state index is 11.9. The molecule has 1 fully saturated rings. The maximum Gasteiger partial charge on any atom is 0.208 e. The second-order valence-corrected chi connectivity index (χ2v) is 5.47. The van der Waals surface area contributed by atoms with Crippen LogP contribution in [0.3, 0.4) is 0 Å². The van der Waals surface area contributed by atoms with Crippen molar-refractivity contribution in [1.29, 1.82) is 0 Å². The molecule has 0 bridgehead atoms. The van der Waals surface area contributed by atoms with E-state index in [0.29, 0.717) is 16.8 Å². The molecule has 0 radical (unpaired) electrons. The lowest BCUT2D eigenvalue weighted by atomic mass is 10.4. The maximum absolute atomic E-state index is 11.9. The smallest absolute Gasteiger partial charge is 0.208 e. The fourth-order valence-electron chi connectivity index (χ4n) is 2.13. The fraction of sp³-hybridized carbons (Fsp3) is 0.667. The molecule has 0 N–H and O–H groups in total. The summed E-state index contributed by atoms with van der Waals surface area (Å²) in [6.45, 7) is 2.84. The van der Waals surface area contributed by atoms with E-state index in [1.807, 2.05) is 17.7 Å². The van der Waals surface area contributed by atoms with Gasteiger partial charge in [-0.3, -0.25) is 4.79 Å². The summed E-state index contributed by atoms with van der Waals surface area (Å²) in [5, 5.41) is 0.703. The zero-order chi connectivity index (χ0) is 11.4. The van der Waals surface area contributed by atoms with Crippen molar-refractivity contribution in [2.24, 2.45) is 0 Å². The van der Waals surface area contributed by atoms with Crippen LogP contribution in [0, 0.1) is 0 Å². The van der Waals surface area contributed by atoms with Crippen molar-refractivity contribution in [1.82, 2.24) is 9.55 Å². The Kier molecular flexibility index (Phi) is 4.04. The molecule has 1 aromatic heterocycles. The number of rotatable bonds is 5. The summed E-state index contributed by atoms with van der Waals surface area (Å²) in [7, 11) is 0. The van der Waals surface area contributed by atoms with Crippen molar-refractivity contribution in [3.05, 3.63) is 18.2 Å². The Hall–Kier alpha value is -0.770. The van der Waals surface area contributed by atoms with Crippen molar-refractivity contribution in [2.75, 3.05) is 5.75 Å². The van der Waals surface area contributed by atoms with E-state index < -0.39 is 0 Å². The fourth-order valence-corrected chi connectivity index (χ4v) is 3.31. The lowest BCUT2D eigenvalue weighted by Gasteiger charge is -2.08. The van der Waals surface area contributed by atoms with Gasteiger partial charge in [-0.05, 0) is 19.8 Å². The van der Waals surface area contributed by atoms with Crippen LogP contribution in [0.2, 0.25) is 0 Å². The first-order valence-corrected chi connectivity index (χ1v) is 7.02. The second-order valence-electron chi connectivity index (χ2n) is 4.18. The Morgan fingerprint density at radius 3 is 3.00 bits per heavy atom. The van der Waals surface area contributed by atoms with Crippen LogP contribution in [0.25, 0.3) is 0 Å². The summed E-state index contributed by atoms with van der Waals surface area (Å²) in [5.74, 6) is 1.37. The van der Waals surface area contributed by atoms with Crippen molar-refractivity contribution >= 4 is 17.5 Å². The van der Waals surface area contributed by atoms with E-state index in [4.69, 9.17) is 0 Å². The van der Waals surface area contributed by atoms with Crippen molar-refractivity contribution in [3.63, 3.8) is 0 Å². The molecule has 0 atom stereocenters. The van der Waals surface area contributed by atoms with E-state index in [1.165, 1.54) is 25.7 Å². The van der Waals surface area contributed by atoms with Crippen LogP contribution in [0.5, 0.6) is 0 Å². The van der Waals surface area contributed by atoms with Crippen LogP contribution < -0.4 is 0 Å². The number of thioether (sulfide) groups is 1. The van der Waals surface area contributed by atoms with Crippen LogP contribution in [0.1, 0.15) is 43.2 Å². The number of carbonyl (C=O) groups excluding carboxylic acids is 1. The molecular formula is C12H18N2OS.